The van der Waals surface area contributed by atoms with Gasteiger partial charge in [0.15, 0.2) is 12.4 Å². The minimum Gasteiger partial charge on any atom is -0.394 e. The Morgan fingerprint density at radius 2 is 1.23 bits per heavy atom. The van der Waals surface area contributed by atoms with Gasteiger partial charge in [-0.1, -0.05) is 159 Å². The van der Waals surface area contributed by atoms with Crippen LogP contribution in [0.15, 0.2) is 36.0 Å². The maximum absolute atomic E-state index is 13.0. The number of amides is 1. The highest BCUT2D eigenvalue weighted by molar-refractivity contribution is 5.82. The molecule has 0 unspecified atom stereocenters. The van der Waals surface area contributed by atoms with E-state index in [9.17, 15) is 35.4 Å². The summed E-state index contributed by atoms with van der Waals surface area (Å²) in [6.07, 6.45) is 26.3. The van der Waals surface area contributed by atoms with Crippen molar-refractivity contribution in [1.29, 1.82) is 0 Å². The number of carbonyl (C=O) groups is 1. The van der Waals surface area contributed by atoms with Crippen LogP contribution in [0.2, 0.25) is 0 Å². The molecule has 0 saturated carbocycles. The van der Waals surface area contributed by atoms with Crippen molar-refractivity contribution in [3.63, 3.8) is 0 Å². The van der Waals surface area contributed by atoms with Gasteiger partial charge in [-0.15, -0.1) is 0 Å². The molecule has 310 valence electrons. The van der Waals surface area contributed by atoms with Crippen LogP contribution in [-0.4, -0.2) is 98.7 Å². The first kappa shape index (κ1) is 49.4. The molecule has 0 aromatic carbocycles. The highest BCUT2D eigenvalue weighted by Gasteiger charge is 2.44. The van der Waals surface area contributed by atoms with E-state index in [4.69, 9.17) is 9.47 Å². The van der Waals surface area contributed by atoms with Crippen molar-refractivity contribution in [3.05, 3.63) is 36.0 Å². The van der Waals surface area contributed by atoms with Gasteiger partial charge in [-0.3, -0.25) is 4.79 Å². The van der Waals surface area contributed by atoms with Gasteiger partial charge < -0.3 is 45.4 Å². The smallest absolute Gasteiger partial charge is 0.253 e. The predicted molar refractivity (Wildman–Crippen MR) is 213 cm³/mol. The van der Waals surface area contributed by atoms with E-state index in [-0.39, 0.29) is 6.61 Å². The lowest BCUT2D eigenvalue weighted by Crippen LogP contribution is -2.60. The fourth-order valence-corrected chi connectivity index (χ4v) is 6.57. The fourth-order valence-electron chi connectivity index (χ4n) is 6.57. The molecular formula is C43H79NO9. The SMILES string of the molecule is CCCCCCCCCCCCCCC/C=C/[C@@H](O)C(=O)N[C@@H](CO[C@@H]1O[C@H](CO)[C@@H](O)[C@H](O)[C@H]1O)[C@H](O)/C=C/CC/C=C(\C)CCCCCCCC. The Hall–Kier alpha value is -1.63. The number of rotatable bonds is 33. The molecule has 1 aliphatic rings. The molecule has 1 saturated heterocycles. The Morgan fingerprint density at radius 1 is 0.698 bits per heavy atom. The molecule has 10 nitrogen and oxygen atoms in total. The number of ether oxygens (including phenoxy) is 2. The molecule has 1 heterocycles. The normalized spacial score (nSPS) is 22.8. The first-order valence-corrected chi connectivity index (χ1v) is 21.2. The van der Waals surface area contributed by atoms with Gasteiger partial charge in [0, 0.05) is 0 Å². The van der Waals surface area contributed by atoms with E-state index in [1.54, 1.807) is 12.2 Å². The van der Waals surface area contributed by atoms with E-state index < -0.39 is 61.5 Å². The number of unbranched alkanes of at least 4 members (excludes halogenated alkanes) is 19. The monoisotopic (exact) mass is 754 g/mol. The van der Waals surface area contributed by atoms with Crippen molar-refractivity contribution in [3.8, 4) is 0 Å². The van der Waals surface area contributed by atoms with Gasteiger partial charge in [0.2, 0.25) is 0 Å². The number of carbonyl (C=O) groups excluding carboxylic acids is 1. The van der Waals surface area contributed by atoms with E-state index in [1.807, 2.05) is 6.08 Å². The first-order chi connectivity index (χ1) is 25.7. The zero-order valence-electron chi connectivity index (χ0n) is 33.6. The maximum atomic E-state index is 13.0. The average molecular weight is 754 g/mol. The second-order valence-electron chi connectivity index (χ2n) is 15.1. The number of hydrogen-bond acceptors (Lipinski definition) is 9. The van der Waals surface area contributed by atoms with Crippen LogP contribution in [0.3, 0.4) is 0 Å². The van der Waals surface area contributed by atoms with Crippen LogP contribution >= 0.6 is 0 Å². The summed E-state index contributed by atoms with van der Waals surface area (Å²) in [6.45, 7) is 5.66. The Balaban J connectivity index is 2.57. The number of nitrogens with one attached hydrogen (secondary N) is 1. The molecule has 1 amide bonds. The van der Waals surface area contributed by atoms with Gasteiger partial charge in [0.25, 0.3) is 5.91 Å². The lowest BCUT2D eigenvalue weighted by atomic mass is 9.99. The number of hydrogen-bond donors (Lipinski definition) is 7. The van der Waals surface area contributed by atoms with Crippen molar-refractivity contribution >= 4 is 5.91 Å². The molecule has 8 atom stereocenters. The first-order valence-electron chi connectivity index (χ1n) is 21.2. The van der Waals surface area contributed by atoms with Crippen molar-refractivity contribution in [2.45, 2.75) is 217 Å². The zero-order chi connectivity index (χ0) is 39.1. The Morgan fingerprint density at radius 3 is 1.79 bits per heavy atom. The molecular weight excluding hydrogens is 674 g/mol. The molecule has 0 spiro atoms. The third-order valence-electron chi connectivity index (χ3n) is 10.2. The highest BCUT2D eigenvalue weighted by Crippen LogP contribution is 2.22. The zero-order valence-corrected chi connectivity index (χ0v) is 33.6. The number of aliphatic hydroxyl groups excluding tert-OH is 6. The standard InChI is InChI=1S/C43H79NO9/c1-4-6-8-10-12-13-14-15-16-17-18-19-20-22-26-31-37(47)42(51)44-35(33-52-43-41(50)40(49)39(48)38(32-45)53-43)36(46)30-27-23-25-29-34(3)28-24-21-11-9-7-5-2/h26-27,29-31,35-41,43,45-50H,4-25,28,32-33H2,1-3H3,(H,44,51)/b30-27+,31-26+,34-29+/t35-,36+,37+,38+,39+,40-,41+,43+/m0/s1. The molecule has 10 heteroatoms. The lowest BCUT2D eigenvalue weighted by molar-refractivity contribution is -0.302. The van der Waals surface area contributed by atoms with E-state index in [2.05, 4.69) is 32.2 Å². The molecule has 1 fully saturated rings. The second kappa shape index (κ2) is 32.6. The summed E-state index contributed by atoms with van der Waals surface area (Å²) in [5.74, 6) is -0.713. The fraction of sp³-hybridized carbons (Fsp3) is 0.837. The predicted octanol–water partition coefficient (Wildman–Crippen LogP) is 7.08. The van der Waals surface area contributed by atoms with Crippen LogP contribution < -0.4 is 5.32 Å². The summed E-state index contributed by atoms with van der Waals surface area (Å²) < 4.78 is 11.1. The van der Waals surface area contributed by atoms with Crippen LogP contribution in [0.5, 0.6) is 0 Å². The maximum Gasteiger partial charge on any atom is 0.253 e. The van der Waals surface area contributed by atoms with Crippen molar-refractivity contribution in [2.75, 3.05) is 13.2 Å². The second-order valence-corrected chi connectivity index (χ2v) is 15.1. The highest BCUT2D eigenvalue weighted by atomic mass is 16.7. The van der Waals surface area contributed by atoms with Crippen LogP contribution in [0.1, 0.15) is 168 Å². The third kappa shape index (κ3) is 23.8. The van der Waals surface area contributed by atoms with E-state index >= 15 is 0 Å². The van der Waals surface area contributed by atoms with Crippen LogP contribution in [0, 0.1) is 0 Å². The van der Waals surface area contributed by atoms with Gasteiger partial charge in [-0.2, -0.15) is 0 Å². The van der Waals surface area contributed by atoms with Crippen molar-refractivity contribution < 1.29 is 44.9 Å². The molecule has 53 heavy (non-hydrogen) atoms. The molecule has 1 aliphatic heterocycles. The topological polar surface area (TPSA) is 169 Å². The van der Waals surface area contributed by atoms with E-state index in [0.29, 0.717) is 6.42 Å². The minimum absolute atomic E-state index is 0.341. The number of allylic oxidation sites excluding steroid dienone is 4. The Kier molecular flexibility index (Phi) is 30.4. The molecule has 0 bridgehead atoms. The largest absolute Gasteiger partial charge is 0.394 e. The van der Waals surface area contributed by atoms with Crippen LogP contribution in [0.4, 0.5) is 0 Å². The summed E-state index contributed by atoms with van der Waals surface area (Å²) in [7, 11) is 0. The molecule has 7 N–H and O–H groups in total. The Bertz CT molecular complexity index is 971. The quantitative estimate of drug-likeness (QED) is 0.0274. The minimum atomic E-state index is -1.62. The van der Waals surface area contributed by atoms with Gasteiger partial charge in [-0.05, 0) is 45.4 Å². The van der Waals surface area contributed by atoms with Crippen molar-refractivity contribution in [1.82, 2.24) is 5.32 Å². The third-order valence-corrected chi connectivity index (χ3v) is 10.2. The van der Waals surface area contributed by atoms with E-state index in [1.165, 1.54) is 121 Å². The molecule has 0 aromatic heterocycles. The molecule has 0 aliphatic carbocycles. The van der Waals surface area contributed by atoms with Gasteiger partial charge >= 0.3 is 0 Å². The molecule has 0 radical (unpaired) electrons. The summed E-state index contributed by atoms with van der Waals surface area (Å²) >= 11 is 0. The van der Waals surface area contributed by atoms with Gasteiger partial charge in [0.1, 0.15) is 24.4 Å². The molecule has 0 aromatic rings. The average Bonchev–Trinajstić information content (AvgIpc) is 3.15. The van der Waals surface area contributed by atoms with Gasteiger partial charge in [0.05, 0.1) is 25.4 Å². The van der Waals surface area contributed by atoms with Crippen LogP contribution in [0.25, 0.3) is 0 Å². The van der Waals surface area contributed by atoms with Crippen molar-refractivity contribution in [2.24, 2.45) is 0 Å². The summed E-state index contributed by atoms with van der Waals surface area (Å²) in [5.41, 5.74) is 1.35. The summed E-state index contributed by atoms with van der Waals surface area (Å²) in [4.78, 5) is 13.0. The molecule has 1 rings (SSSR count). The van der Waals surface area contributed by atoms with Gasteiger partial charge in [-0.25, -0.2) is 0 Å². The van der Waals surface area contributed by atoms with E-state index in [0.717, 1.165) is 32.1 Å². The Labute approximate surface area is 322 Å². The lowest BCUT2D eigenvalue weighted by Gasteiger charge is -2.40. The number of aliphatic hydroxyl groups is 6. The van der Waals surface area contributed by atoms with Crippen LogP contribution in [-0.2, 0) is 14.3 Å². The summed E-state index contributed by atoms with van der Waals surface area (Å²) in [5, 5.41) is 64.4. The summed E-state index contributed by atoms with van der Waals surface area (Å²) in [6, 6.07) is -1.03.